The smallest absolute Gasteiger partial charge is 0.327 e. The first-order valence-corrected chi connectivity index (χ1v) is 5.98. The molecule has 0 aliphatic carbocycles. The van der Waals surface area contributed by atoms with Crippen molar-refractivity contribution in [3.05, 3.63) is 0 Å². The minimum absolute atomic E-state index is 0.333. The van der Waals surface area contributed by atoms with Crippen molar-refractivity contribution >= 4 is 9.28 Å². The average molecular weight is 216 g/mol. The molecule has 0 amide bonds. The zero-order chi connectivity index (χ0) is 10.3. The van der Waals surface area contributed by atoms with Gasteiger partial charge in [-0.2, -0.15) is 0 Å². The largest absolute Gasteiger partial charge is 0.397 e. The maximum absolute atomic E-state index is 12.5. The van der Waals surface area contributed by atoms with Gasteiger partial charge in [-0.15, -0.1) is 0 Å². The van der Waals surface area contributed by atoms with E-state index < -0.39 is 27.9 Å². The highest BCUT2D eigenvalue weighted by molar-refractivity contribution is 6.44. The Morgan fingerprint density at radius 3 is 1.92 bits per heavy atom. The predicted molar refractivity (Wildman–Crippen MR) is 46.1 cm³/mol. The molecule has 0 unspecified atom stereocenters. The topological polar surface area (TPSA) is 18.5 Å². The molecular weight excluding hydrogens is 201 g/mol. The standard InChI is InChI=1S/C7H15F3O2Si/c1-3-11-13(12-4-2)6-7(9,10)5-8/h13H,3-6H2,1-2H3. The highest BCUT2D eigenvalue weighted by atomic mass is 28.3. The molecule has 0 aliphatic rings. The maximum atomic E-state index is 12.5. The molecule has 0 saturated carbocycles. The van der Waals surface area contributed by atoms with Crippen LogP contribution in [0, 0.1) is 0 Å². The Kier molecular flexibility index (Phi) is 6.36. The lowest BCUT2D eigenvalue weighted by molar-refractivity contribution is -0.0113. The van der Waals surface area contributed by atoms with Crippen LogP contribution >= 0.6 is 0 Å². The van der Waals surface area contributed by atoms with Gasteiger partial charge in [0.25, 0.3) is 5.92 Å². The van der Waals surface area contributed by atoms with Gasteiger partial charge in [0.15, 0.2) is 6.67 Å². The molecule has 0 aromatic heterocycles. The number of halogens is 3. The predicted octanol–water partition coefficient (Wildman–Crippen LogP) is 1.88. The second-order valence-corrected chi connectivity index (χ2v) is 4.47. The zero-order valence-electron chi connectivity index (χ0n) is 7.86. The van der Waals surface area contributed by atoms with E-state index in [1.807, 2.05) is 0 Å². The summed E-state index contributed by atoms with van der Waals surface area (Å²) in [6, 6.07) is -0.592. The van der Waals surface area contributed by atoms with Crippen molar-refractivity contribution in [3.8, 4) is 0 Å². The Balaban J connectivity index is 3.92. The van der Waals surface area contributed by atoms with Crippen molar-refractivity contribution in [2.24, 2.45) is 0 Å². The summed E-state index contributed by atoms with van der Waals surface area (Å²) in [5.74, 6) is -3.29. The fourth-order valence-corrected chi connectivity index (χ4v) is 2.51. The Hall–Kier alpha value is -0.0731. The first-order chi connectivity index (χ1) is 6.05. The van der Waals surface area contributed by atoms with Crippen LogP contribution in [0.15, 0.2) is 0 Å². The average Bonchev–Trinajstić information content (AvgIpc) is 2.05. The fraction of sp³-hybridized carbons (Fsp3) is 1.00. The molecule has 80 valence electrons. The molecule has 0 aromatic rings. The second-order valence-electron chi connectivity index (χ2n) is 2.53. The van der Waals surface area contributed by atoms with E-state index in [2.05, 4.69) is 0 Å². The first-order valence-electron chi connectivity index (χ1n) is 4.22. The normalized spacial score (nSPS) is 12.5. The molecule has 2 nitrogen and oxygen atoms in total. The monoisotopic (exact) mass is 216 g/mol. The lowest BCUT2D eigenvalue weighted by Crippen LogP contribution is -2.33. The van der Waals surface area contributed by atoms with Crippen molar-refractivity contribution < 1.29 is 22.0 Å². The van der Waals surface area contributed by atoms with Gasteiger partial charge in [0, 0.05) is 13.2 Å². The van der Waals surface area contributed by atoms with Crippen LogP contribution < -0.4 is 0 Å². The maximum Gasteiger partial charge on any atom is 0.327 e. The van der Waals surface area contributed by atoms with Crippen LogP contribution in [-0.4, -0.2) is 35.1 Å². The van der Waals surface area contributed by atoms with E-state index in [-0.39, 0.29) is 0 Å². The van der Waals surface area contributed by atoms with Gasteiger partial charge >= 0.3 is 9.28 Å². The summed E-state index contributed by atoms with van der Waals surface area (Å²) < 4.78 is 46.9. The van der Waals surface area contributed by atoms with E-state index in [4.69, 9.17) is 8.85 Å². The molecule has 0 saturated heterocycles. The molecule has 0 bridgehead atoms. The van der Waals surface area contributed by atoms with Gasteiger partial charge in [-0.25, -0.2) is 13.2 Å². The van der Waals surface area contributed by atoms with E-state index in [0.29, 0.717) is 13.2 Å². The zero-order valence-corrected chi connectivity index (χ0v) is 9.01. The van der Waals surface area contributed by atoms with E-state index in [9.17, 15) is 13.2 Å². The van der Waals surface area contributed by atoms with Crippen LogP contribution in [0.4, 0.5) is 13.2 Å². The molecule has 0 radical (unpaired) electrons. The van der Waals surface area contributed by atoms with Gasteiger partial charge in [0.05, 0.1) is 6.04 Å². The lowest BCUT2D eigenvalue weighted by Gasteiger charge is -2.19. The Bertz CT molecular complexity index is 129. The third-order valence-corrected chi connectivity index (χ3v) is 3.71. The lowest BCUT2D eigenvalue weighted by atomic mass is 10.4. The number of hydrogen-bond donors (Lipinski definition) is 0. The molecule has 0 fully saturated rings. The minimum Gasteiger partial charge on any atom is -0.397 e. The molecule has 0 rings (SSSR count). The van der Waals surface area contributed by atoms with E-state index >= 15 is 0 Å². The van der Waals surface area contributed by atoms with Crippen molar-refractivity contribution in [1.29, 1.82) is 0 Å². The van der Waals surface area contributed by atoms with Crippen LogP contribution in [0.25, 0.3) is 0 Å². The number of hydrogen-bond acceptors (Lipinski definition) is 2. The van der Waals surface area contributed by atoms with Crippen molar-refractivity contribution in [2.75, 3.05) is 19.9 Å². The molecule has 0 heterocycles. The van der Waals surface area contributed by atoms with E-state index in [1.165, 1.54) is 0 Å². The van der Waals surface area contributed by atoms with E-state index in [0.717, 1.165) is 0 Å². The van der Waals surface area contributed by atoms with Gasteiger partial charge in [-0.3, -0.25) is 0 Å². The summed E-state index contributed by atoms with van der Waals surface area (Å²) >= 11 is 0. The van der Waals surface area contributed by atoms with Gasteiger partial charge in [-0.1, -0.05) is 0 Å². The summed E-state index contributed by atoms with van der Waals surface area (Å²) in [7, 11) is -2.37. The quantitative estimate of drug-likeness (QED) is 0.605. The molecule has 0 atom stereocenters. The van der Waals surface area contributed by atoms with Gasteiger partial charge in [0.2, 0.25) is 0 Å². The van der Waals surface area contributed by atoms with Crippen LogP contribution in [-0.2, 0) is 8.85 Å². The molecule has 0 N–H and O–H groups in total. The molecule has 13 heavy (non-hydrogen) atoms. The van der Waals surface area contributed by atoms with Crippen molar-refractivity contribution in [1.82, 2.24) is 0 Å². The summed E-state index contributed by atoms with van der Waals surface area (Å²) in [5.41, 5.74) is 0. The minimum atomic E-state index is -3.29. The summed E-state index contributed by atoms with van der Waals surface area (Å²) in [5, 5.41) is 0. The van der Waals surface area contributed by atoms with Crippen molar-refractivity contribution in [2.45, 2.75) is 25.8 Å². The Morgan fingerprint density at radius 1 is 1.15 bits per heavy atom. The Labute approximate surface area is 77.9 Å². The summed E-state index contributed by atoms with van der Waals surface area (Å²) in [6.45, 7) is 2.42. The fourth-order valence-electron chi connectivity index (χ4n) is 0.836. The van der Waals surface area contributed by atoms with Crippen LogP contribution in [0.5, 0.6) is 0 Å². The van der Waals surface area contributed by atoms with Crippen LogP contribution in [0.2, 0.25) is 6.04 Å². The third kappa shape index (κ3) is 6.06. The van der Waals surface area contributed by atoms with Crippen LogP contribution in [0.1, 0.15) is 13.8 Å². The molecular formula is C7H15F3O2Si. The summed E-state index contributed by atoms with van der Waals surface area (Å²) in [4.78, 5) is 0. The van der Waals surface area contributed by atoms with Gasteiger partial charge in [0.1, 0.15) is 0 Å². The molecule has 6 heteroatoms. The van der Waals surface area contributed by atoms with Gasteiger partial charge in [-0.05, 0) is 13.8 Å². The number of alkyl halides is 3. The third-order valence-electron chi connectivity index (χ3n) is 1.37. The Morgan fingerprint density at radius 2 is 1.62 bits per heavy atom. The molecule has 0 aliphatic heterocycles. The highest BCUT2D eigenvalue weighted by Crippen LogP contribution is 2.22. The van der Waals surface area contributed by atoms with Crippen LogP contribution in [0.3, 0.4) is 0 Å². The highest BCUT2D eigenvalue weighted by Gasteiger charge is 2.35. The van der Waals surface area contributed by atoms with E-state index in [1.54, 1.807) is 13.8 Å². The van der Waals surface area contributed by atoms with Crippen molar-refractivity contribution in [3.63, 3.8) is 0 Å². The SMILES string of the molecule is CCO[SiH](CC(F)(F)CF)OCC. The first kappa shape index (κ1) is 12.9. The number of rotatable bonds is 7. The molecule has 0 aromatic carbocycles. The molecule has 0 spiro atoms. The second kappa shape index (κ2) is 6.39. The summed E-state index contributed by atoms with van der Waals surface area (Å²) in [6.07, 6.45) is 0. The van der Waals surface area contributed by atoms with Gasteiger partial charge < -0.3 is 8.85 Å².